The van der Waals surface area contributed by atoms with Crippen LogP contribution in [0.3, 0.4) is 0 Å². The minimum atomic E-state index is -0.433. The van der Waals surface area contributed by atoms with Gasteiger partial charge < -0.3 is 15.0 Å². The van der Waals surface area contributed by atoms with Gasteiger partial charge in [0.05, 0.1) is 4.70 Å². The van der Waals surface area contributed by atoms with Gasteiger partial charge in [0.1, 0.15) is 11.4 Å². The van der Waals surface area contributed by atoms with Crippen molar-refractivity contribution in [1.82, 2.24) is 15.2 Å². The van der Waals surface area contributed by atoms with Gasteiger partial charge in [-0.15, -0.1) is 11.3 Å². The number of nitrogens with one attached hydrogen (secondary N) is 1. The maximum atomic E-state index is 12.0. The molecule has 0 radical (unpaired) electrons. The Balaban J connectivity index is 1.16. The lowest BCUT2D eigenvalue weighted by Crippen LogP contribution is -2.47. The number of carbonyl (C=O) groups is 1. The Morgan fingerprint density at radius 1 is 1.16 bits per heavy atom. The first-order valence-electron chi connectivity index (χ1n) is 11.7. The average molecular weight is 445 g/mol. The van der Waals surface area contributed by atoms with E-state index in [0.717, 1.165) is 50.8 Å². The van der Waals surface area contributed by atoms with Gasteiger partial charge in [0, 0.05) is 38.4 Å². The fourth-order valence-corrected chi connectivity index (χ4v) is 5.63. The summed E-state index contributed by atoms with van der Waals surface area (Å²) >= 11 is 1.79. The third-order valence-electron chi connectivity index (χ3n) is 6.44. The lowest BCUT2D eigenvalue weighted by Gasteiger charge is -2.37. The highest BCUT2D eigenvalue weighted by molar-refractivity contribution is 7.17. The number of rotatable bonds is 5. The van der Waals surface area contributed by atoms with Crippen LogP contribution in [0.15, 0.2) is 23.7 Å². The number of anilines is 1. The Bertz CT molecular complexity index is 862. The number of piperazine rings is 1. The summed E-state index contributed by atoms with van der Waals surface area (Å²) in [7, 11) is 0. The number of ether oxygens (including phenoxy) is 1. The molecule has 1 N–H and O–H groups in total. The molecular formula is C24H36N4O2S. The van der Waals surface area contributed by atoms with E-state index in [-0.39, 0.29) is 12.1 Å². The molecule has 1 saturated heterocycles. The second kappa shape index (κ2) is 9.74. The molecule has 3 heterocycles. The summed E-state index contributed by atoms with van der Waals surface area (Å²) in [5, 5.41) is 6.51. The molecular weight excluding hydrogens is 408 g/mol. The molecule has 2 aromatic heterocycles. The maximum Gasteiger partial charge on any atom is 0.407 e. The number of carbonyl (C=O) groups excluding carboxylic acids is 1. The zero-order valence-corrected chi connectivity index (χ0v) is 19.9. The zero-order valence-electron chi connectivity index (χ0n) is 19.1. The second-order valence-corrected chi connectivity index (χ2v) is 10.9. The molecule has 31 heavy (non-hydrogen) atoms. The average Bonchev–Trinajstić information content (AvgIpc) is 3.21. The molecule has 1 aliphatic heterocycles. The fourth-order valence-electron chi connectivity index (χ4n) is 4.72. The molecule has 0 unspecified atom stereocenters. The van der Waals surface area contributed by atoms with Crippen LogP contribution in [0.25, 0.3) is 10.1 Å². The van der Waals surface area contributed by atoms with E-state index in [0.29, 0.717) is 0 Å². The quantitative estimate of drug-likeness (QED) is 0.711. The van der Waals surface area contributed by atoms with Crippen LogP contribution in [0, 0.1) is 5.92 Å². The summed E-state index contributed by atoms with van der Waals surface area (Å²) in [5.74, 6) is 1.93. The van der Waals surface area contributed by atoms with Crippen molar-refractivity contribution in [3.8, 4) is 0 Å². The number of thiophene rings is 1. The first-order valence-corrected chi connectivity index (χ1v) is 12.5. The van der Waals surface area contributed by atoms with Crippen molar-refractivity contribution in [2.75, 3.05) is 37.6 Å². The number of aromatic nitrogens is 1. The molecule has 7 heteroatoms. The number of alkyl carbamates (subject to hydrolysis) is 1. The number of fused-ring (bicyclic) bond motifs is 1. The lowest BCUT2D eigenvalue weighted by atomic mass is 9.84. The molecule has 1 aliphatic carbocycles. The molecule has 2 fully saturated rings. The molecule has 4 rings (SSSR count). The van der Waals surface area contributed by atoms with Gasteiger partial charge in [0.2, 0.25) is 0 Å². The van der Waals surface area contributed by atoms with Crippen molar-refractivity contribution in [2.45, 2.75) is 64.5 Å². The van der Waals surface area contributed by atoms with E-state index in [1.807, 2.05) is 27.0 Å². The van der Waals surface area contributed by atoms with Crippen LogP contribution in [0.1, 0.15) is 52.9 Å². The normalized spacial score (nSPS) is 23.1. The summed E-state index contributed by atoms with van der Waals surface area (Å²) in [6.07, 6.45) is 7.45. The van der Waals surface area contributed by atoms with Crippen LogP contribution in [0.2, 0.25) is 0 Å². The summed E-state index contributed by atoms with van der Waals surface area (Å²) in [5.41, 5.74) is -0.433. The smallest absolute Gasteiger partial charge is 0.407 e. The summed E-state index contributed by atoms with van der Waals surface area (Å²) in [6.45, 7) is 11.2. The highest BCUT2D eigenvalue weighted by Crippen LogP contribution is 2.30. The van der Waals surface area contributed by atoms with Crippen LogP contribution in [0.4, 0.5) is 10.6 Å². The Hall–Kier alpha value is -1.86. The van der Waals surface area contributed by atoms with Crippen LogP contribution >= 0.6 is 11.3 Å². The molecule has 0 aromatic carbocycles. The minimum absolute atomic E-state index is 0.266. The molecule has 0 spiro atoms. The Labute approximate surface area is 190 Å². The number of hydrogen-bond acceptors (Lipinski definition) is 6. The molecule has 2 aromatic rings. The molecule has 6 nitrogen and oxygen atoms in total. The largest absolute Gasteiger partial charge is 0.444 e. The van der Waals surface area contributed by atoms with Crippen LogP contribution in [-0.4, -0.2) is 60.3 Å². The van der Waals surface area contributed by atoms with Crippen molar-refractivity contribution in [1.29, 1.82) is 0 Å². The van der Waals surface area contributed by atoms with Gasteiger partial charge in [-0.1, -0.05) is 0 Å². The zero-order chi connectivity index (χ0) is 21.8. The van der Waals surface area contributed by atoms with E-state index >= 15 is 0 Å². The number of pyridine rings is 1. The number of hydrogen-bond donors (Lipinski definition) is 1. The summed E-state index contributed by atoms with van der Waals surface area (Å²) < 4.78 is 6.70. The first-order chi connectivity index (χ1) is 14.9. The molecule has 2 aliphatic rings. The van der Waals surface area contributed by atoms with Crippen LogP contribution < -0.4 is 10.2 Å². The van der Waals surface area contributed by atoms with Crippen molar-refractivity contribution < 1.29 is 9.53 Å². The van der Waals surface area contributed by atoms with Crippen molar-refractivity contribution >= 4 is 33.3 Å². The van der Waals surface area contributed by atoms with Crippen LogP contribution in [0.5, 0.6) is 0 Å². The molecule has 0 atom stereocenters. The highest BCUT2D eigenvalue weighted by Gasteiger charge is 2.26. The Morgan fingerprint density at radius 2 is 1.90 bits per heavy atom. The predicted octanol–water partition coefficient (Wildman–Crippen LogP) is 4.89. The van der Waals surface area contributed by atoms with Crippen molar-refractivity contribution in [2.24, 2.45) is 5.92 Å². The Kier molecular flexibility index (Phi) is 7.02. The third kappa shape index (κ3) is 6.10. The van der Waals surface area contributed by atoms with E-state index in [2.05, 4.69) is 37.6 Å². The number of nitrogens with zero attached hydrogens (tertiary/aromatic N) is 3. The Morgan fingerprint density at radius 3 is 2.61 bits per heavy atom. The third-order valence-corrected chi connectivity index (χ3v) is 7.37. The van der Waals surface area contributed by atoms with E-state index in [9.17, 15) is 4.79 Å². The maximum absolute atomic E-state index is 12.0. The monoisotopic (exact) mass is 444 g/mol. The second-order valence-electron chi connectivity index (χ2n) is 9.95. The van der Waals surface area contributed by atoms with Crippen molar-refractivity contribution in [3.05, 3.63) is 23.7 Å². The lowest BCUT2D eigenvalue weighted by molar-refractivity contribution is 0.0486. The molecule has 170 valence electrons. The summed E-state index contributed by atoms with van der Waals surface area (Å²) in [4.78, 5) is 21.7. The molecule has 1 amide bonds. The number of amides is 1. The van der Waals surface area contributed by atoms with Gasteiger partial charge >= 0.3 is 6.09 Å². The SMILES string of the molecule is CC(C)(C)OC(=O)N[C@H]1CC[C@H](CCN2CCN(c3nccc4ccsc34)CC2)CC1. The van der Waals surface area contributed by atoms with Crippen molar-refractivity contribution in [3.63, 3.8) is 0 Å². The van der Waals surface area contributed by atoms with Gasteiger partial charge in [-0.3, -0.25) is 4.90 Å². The molecule has 1 saturated carbocycles. The topological polar surface area (TPSA) is 57.7 Å². The van der Waals surface area contributed by atoms with E-state index in [4.69, 9.17) is 4.74 Å². The predicted molar refractivity (Wildman–Crippen MR) is 128 cm³/mol. The van der Waals surface area contributed by atoms with Gasteiger partial charge in [-0.2, -0.15) is 0 Å². The van der Waals surface area contributed by atoms with Crippen LogP contribution in [-0.2, 0) is 4.74 Å². The van der Waals surface area contributed by atoms with E-state index in [1.165, 1.54) is 35.9 Å². The van der Waals surface area contributed by atoms with Gasteiger partial charge in [0.15, 0.2) is 0 Å². The summed E-state index contributed by atoms with van der Waals surface area (Å²) in [6, 6.07) is 4.55. The van der Waals surface area contributed by atoms with E-state index in [1.54, 1.807) is 11.3 Å². The van der Waals surface area contributed by atoms with Gasteiger partial charge in [0.25, 0.3) is 0 Å². The fraction of sp³-hybridized carbons (Fsp3) is 0.667. The minimum Gasteiger partial charge on any atom is -0.444 e. The van der Waals surface area contributed by atoms with Gasteiger partial charge in [-0.25, -0.2) is 9.78 Å². The highest BCUT2D eigenvalue weighted by atomic mass is 32.1. The van der Waals surface area contributed by atoms with E-state index < -0.39 is 5.60 Å². The standard InChI is InChI=1S/C24H36N4O2S/c1-24(2,3)30-23(29)26-20-6-4-18(5-7-20)9-12-27-13-15-28(16-14-27)22-21-19(8-11-25-22)10-17-31-21/h8,10-11,17-18,20H,4-7,9,12-16H2,1-3H3,(H,26,29)/t18-,20-. The van der Waals surface area contributed by atoms with Gasteiger partial charge in [-0.05, 0) is 88.2 Å². The first kappa shape index (κ1) is 22.3. The molecule has 0 bridgehead atoms.